The van der Waals surface area contributed by atoms with Gasteiger partial charge in [0.2, 0.25) is 31.8 Å². The van der Waals surface area contributed by atoms with E-state index in [2.05, 4.69) is 0 Å². The summed E-state index contributed by atoms with van der Waals surface area (Å²) >= 11 is 0. The summed E-state index contributed by atoms with van der Waals surface area (Å²) in [5.74, 6) is -1.34. The number of hydrogen-bond donors (Lipinski definition) is 2. The molecule has 0 aromatic rings. The monoisotopic (exact) mass is 426 g/mol. The third kappa shape index (κ3) is 9.86. The highest BCUT2D eigenvalue weighted by atomic mass is 16.7. The molecule has 0 saturated carbocycles. The number of rotatable bonds is 14. The van der Waals surface area contributed by atoms with E-state index < -0.39 is 65.3 Å². The zero-order valence-corrected chi connectivity index (χ0v) is 15.2. The summed E-state index contributed by atoms with van der Waals surface area (Å²) in [6.07, 6.45) is 0. The average molecular weight is 426 g/mol. The van der Waals surface area contributed by atoms with Gasteiger partial charge in [-0.2, -0.15) is 0 Å². The normalized spacial score (nSPS) is 9.72. The lowest BCUT2D eigenvalue weighted by molar-refractivity contribution is -0.749. The molecule has 2 amide bonds. The molecule has 0 aliphatic carbocycles. The second kappa shape index (κ2) is 11.5. The van der Waals surface area contributed by atoms with Crippen LogP contribution < -0.4 is 10.6 Å². The van der Waals surface area contributed by atoms with Crippen LogP contribution in [0.15, 0.2) is 0 Å². The van der Waals surface area contributed by atoms with Gasteiger partial charge in [-0.1, -0.05) is 20.0 Å². The van der Waals surface area contributed by atoms with Crippen molar-refractivity contribution in [3.8, 4) is 0 Å². The Hall–Kier alpha value is -4.26. The minimum absolute atomic E-state index is 0.0317. The van der Waals surface area contributed by atoms with Crippen molar-refractivity contribution in [3.63, 3.8) is 0 Å². The van der Waals surface area contributed by atoms with Crippen molar-refractivity contribution in [2.24, 2.45) is 0 Å². The van der Waals surface area contributed by atoms with Gasteiger partial charge in [0.15, 0.2) is 33.5 Å². The molecule has 164 valence electrons. The highest BCUT2D eigenvalue weighted by Crippen LogP contribution is 2.01. The highest BCUT2D eigenvalue weighted by molar-refractivity contribution is 5.72. The first kappa shape index (κ1) is 24.7. The minimum atomic E-state index is -1.20. The maximum atomic E-state index is 11.1. The molecule has 0 atom stereocenters. The van der Waals surface area contributed by atoms with Crippen LogP contribution in [-0.2, 0) is 9.59 Å². The molecule has 0 aliphatic rings. The maximum absolute atomic E-state index is 11.1. The Kier molecular flexibility index (Phi) is 9.77. The molecule has 0 aliphatic heterocycles. The summed E-state index contributed by atoms with van der Waals surface area (Å²) in [5.41, 5.74) is 0. The Morgan fingerprint density at radius 2 is 0.862 bits per heavy atom. The van der Waals surface area contributed by atoms with E-state index in [4.69, 9.17) is 0 Å². The third-order valence-corrected chi connectivity index (χ3v) is 2.92. The van der Waals surface area contributed by atoms with Crippen molar-refractivity contribution in [3.05, 3.63) is 40.5 Å². The fraction of sp³-hybridized carbons (Fsp3) is 0.778. The SMILES string of the molecule is CC(=O)NCN(CN(CN(CN(CNC(C)=O)[N+](=O)[O-])[N+](=O)[O-])[N+](=O)[O-])[N+](=O)[O-]. The van der Waals surface area contributed by atoms with Gasteiger partial charge in [0.05, 0.1) is 0 Å². The van der Waals surface area contributed by atoms with Gasteiger partial charge in [-0.3, -0.25) is 9.59 Å². The second-order valence-corrected chi connectivity index (χ2v) is 5.18. The molecule has 20 heteroatoms. The Labute approximate surface area is 161 Å². The van der Waals surface area contributed by atoms with Crippen LogP contribution >= 0.6 is 0 Å². The number of nitrogens with zero attached hydrogens (tertiary/aromatic N) is 8. The molecular weight excluding hydrogens is 408 g/mol. The molecule has 0 fully saturated rings. The molecule has 2 N–H and O–H groups in total. The highest BCUT2D eigenvalue weighted by Gasteiger charge is 2.33. The van der Waals surface area contributed by atoms with E-state index in [1.807, 2.05) is 10.6 Å². The fourth-order valence-electron chi connectivity index (χ4n) is 1.59. The second-order valence-electron chi connectivity index (χ2n) is 5.18. The smallest absolute Gasteiger partial charge is 0.218 e. The van der Waals surface area contributed by atoms with Crippen LogP contribution in [0.25, 0.3) is 0 Å². The molecule has 0 aromatic carbocycles. The zero-order valence-electron chi connectivity index (χ0n) is 15.2. The predicted octanol–water partition coefficient (Wildman–Crippen LogP) is -2.98. The van der Waals surface area contributed by atoms with E-state index in [9.17, 15) is 50.0 Å². The third-order valence-electron chi connectivity index (χ3n) is 2.92. The van der Waals surface area contributed by atoms with Crippen LogP contribution in [0.3, 0.4) is 0 Å². The molecule has 0 heterocycles. The quantitative estimate of drug-likeness (QED) is 0.160. The Bertz CT molecular complexity index is 604. The lowest BCUT2D eigenvalue weighted by Gasteiger charge is -2.23. The summed E-state index contributed by atoms with van der Waals surface area (Å²) < 4.78 is 0. The van der Waals surface area contributed by atoms with E-state index in [1.165, 1.54) is 0 Å². The lowest BCUT2D eigenvalue weighted by Crippen LogP contribution is -2.55. The van der Waals surface area contributed by atoms with E-state index in [0.29, 0.717) is 0 Å². The van der Waals surface area contributed by atoms with E-state index in [-0.39, 0.29) is 20.0 Å². The molecule has 0 radical (unpaired) electrons. The van der Waals surface area contributed by atoms with Crippen LogP contribution in [0.2, 0.25) is 0 Å². The van der Waals surface area contributed by atoms with Gasteiger partial charge in [-0.25, -0.2) is 40.5 Å². The molecular formula is C9H18N10O10. The van der Waals surface area contributed by atoms with Crippen molar-refractivity contribution in [1.29, 1.82) is 0 Å². The largest absolute Gasteiger partial charge is 0.334 e. The first-order valence-corrected chi connectivity index (χ1v) is 7.41. The van der Waals surface area contributed by atoms with Crippen molar-refractivity contribution in [1.82, 2.24) is 30.7 Å². The van der Waals surface area contributed by atoms with Gasteiger partial charge >= 0.3 is 0 Å². The standard InChI is InChI=1S/C9H18N10O10/c1-8(20)10-3-12(16(22)23)5-14(18(26)27)7-15(19(28)29)6-13(17(24)25)4-11-9(2)21/h3-7H2,1-2H3,(H,10,20)(H,11,21). The van der Waals surface area contributed by atoms with E-state index >= 15 is 0 Å². The van der Waals surface area contributed by atoms with Crippen LogP contribution in [-0.4, -0.2) is 85.3 Å². The number of amides is 2. The maximum Gasteiger partial charge on any atom is 0.218 e. The first-order valence-electron chi connectivity index (χ1n) is 7.41. The van der Waals surface area contributed by atoms with Crippen molar-refractivity contribution in [2.75, 3.05) is 33.3 Å². The zero-order chi connectivity index (χ0) is 22.7. The van der Waals surface area contributed by atoms with Crippen LogP contribution in [0, 0.1) is 40.5 Å². The topological polar surface area (TPSA) is 244 Å². The number of hydrogen-bond acceptors (Lipinski definition) is 10. The molecule has 29 heavy (non-hydrogen) atoms. The Morgan fingerprint density at radius 1 is 0.621 bits per heavy atom. The summed E-state index contributed by atoms with van der Waals surface area (Å²) in [7, 11) is 0. The van der Waals surface area contributed by atoms with Gasteiger partial charge in [0.25, 0.3) is 0 Å². The minimum Gasteiger partial charge on any atom is -0.334 e. The average Bonchev–Trinajstić information content (AvgIpc) is 2.57. The van der Waals surface area contributed by atoms with Gasteiger partial charge in [-0.05, 0) is 0 Å². The molecule has 20 nitrogen and oxygen atoms in total. The lowest BCUT2D eigenvalue weighted by atomic mass is 10.7. The number of carbonyl (C=O) groups excluding carboxylic acids is 2. The summed E-state index contributed by atoms with van der Waals surface area (Å²) in [5, 5.41) is 44.1. The summed E-state index contributed by atoms with van der Waals surface area (Å²) in [4.78, 5) is 65.9. The van der Waals surface area contributed by atoms with Crippen molar-refractivity contribution in [2.45, 2.75) is 13.8 Å². The van der Waals surface area contributed by atoms with Crippen molar-refractivity contribution < 1.29 is 29.7 Å². The van der Waals surface area contributed by atoms with E-state index in [1.54, 1.807) is 0 Å². The van der Waals surface area contributed by atoms with Gasteiger partial charge in [0.1, 0.15) is 0 Å². The molecule has 0 saturated heterocycles. The molecule has 0 spiro atoms. The molecule has 0 aromatic heterocycles. The first-order chi connectivity index (χ1) is 13.3. The van der Waals surface area contributed by atoms with Gasteiger partial charge < -0.3 is 10.6 Å². The Morgan fingerprint density at radius 3 is 1.07 bits per heavy atom. The Balaban J connectivity index is 5.32. The number of hydrazine groups is 4. The van der Waals surface area contributed by atoms with Crippen molar-refractivity contribution >= 4 is 11.8 Å². The van der Waals surface area contributed by atoms with Gasteiger partial charge in [-0.15, -0.1) is 0 Å². The number of nitrogens with one attached hydrogen (secondary N) is 2. The van der Waals surface area contributed by atoms with Crippen LogP contribution in [0.5, 0.6) is 0 Å². The summed E-state index contributed by atoms with van der Waals surface area (Å²) in [6, 6.07) is 0. The molecule has 0 bridgehead atoms. The van der Waals surface area contributed by atoms with Crippen LogP contribution in [0.4, 0.5) is 0 Å². The number of nitro groups is 4. The molecule has 0 unspecified atom stereocenters. The predicted molar refractivity (Wildman–Crippen MR) is 87.3 cm³/mol. The van der Waals surface area contributed by atoms with Crippen LogP contribution in [0.1, 0.15) is 13.8 Å². The fourth-order valence-corrected chi connectivity index (χ4v) is 1.59. The molecule has 0 rings (SSSR count). The summed E-state index contributed by atoms with van der Waals surface area (Å²) in [6.45, 7) is -2.81. The number of carbonyl (C=O) groups is 2. The van der Waals surface area contributed by atoms with Gasteiger partial charge in [0, 0.05) is 13.8 Å². The van der Waals surface area contributed by atoms with E-state index in [0.717, 1.165) is 13.8 Å².